The highest BCUT2D eigenvalue weighted by Crippen LogP contribution is 1.96. The minimum atomic E-state index is 0.00981. The van der Waals surface area contributed by atoms with Crippen LogP contribution in [0.2, 0.25) is 0 Å². The molecule has 4 heteroatoms. The molecule has 0 heterocycles. The van der Waals surface area contributed by atoms with Gasteiger partial charge in [0.05, 0.1) is 6.54 Å². The predicted octanol–water partition coefficient (Wildman–Crippen LogP) is 0.573. The molecule has 1 N–H and O–H groups in total. The summed E-state index contributed by atoms with van der Waals surface area (Å²) in [5.74, 6) is 0.00981. The summed E-state index contributed by atoms with van der Waals surface area (Å²) in [6.07, 6.45) is 0. The first kappa shape index (κ1) is 10.7. The Morgan fingerprint density at radius 3 is 2.55 bits per heavy atom. The van der Waals surface area contributed by atoms with Crippen LogP contribution in [0.15, 0.2) is 11.1 Å². The van der Waals surface area contributed by atoms with Gasteiger partial charge in [0.2, 0.25) is 5.91 Å². The number of likely N-dealkylation sites (N-methyl/N-ethyl adjacent to an activating group) is 1. The normalized spacial score (nSPS) is 9.82. The van der Waals surface area contributed by atoms with Crippen LogP contribution in [0.5, 0.6) is 0 Å². The highest BCUT2D eigenvalue weighted by molar-refractivity contribution is 9.11. The molecule has 0 aliphatic heterocycles. The molecule has 0 spiro atoms. The van der Waals surface area contributed by atoms with Gasteiger partial charge in [-0.15, -0.1) is 0 Å². The minimum absolute atomic E-state index is 0.00981. The van der Waals surface area contributed by atoms with Crippen molar-refractivity contribution < 1.29 is 4.79 Å². The average Bonchev–Trinajstić information content (AvgIpc) is 1.82. The fourth-order valence-corrected chi connectivity index (χ4v) is 0.678. The minimum Gasteiger partial charge on any atom is -0.350 e. The number of nitrogens with zero attached hydrogens (tertiary/aromatic N) is 1. The number of hydrogen-bond donors (Lipinski definition) is 1. The van der Waals surface area contributed by atoms with Gasteiger partial charge in [-0.05, 0) is 14.1 Å². The van der Waals surface area contributed by atoms with Crippen LogP contribution in [-0.4, -0.2) is 38.0 Å². The Kier molecular flexibility index (Phi) is 5.15. The number of halogens is 1. The Balaban J connectivity index is 3.45. The lowest BCUT2D eigenvalue weighted by Crippen LogP contribution is -2.33. The highest BCUT2D eigenvalue weighted by Gasteiger charge is 2.00. The van der Waals surface area contributed by atoms with Gasteiger partial charge >= 0.3 is 0 Å². The van der Waals surface area contributed by atoms with Gasteiger partial charge in [0.15, 0.2) is 0 Å². The maximum atomic E-state index is 10.9. The van der Waals surface area contributed by atoms with E-state index in [1.807, 2.05) is 19.0 Å². The maximum Gasteiger partial charge on any atom is 0.234 e. The largest absolute Gasteiger partial charge is 0.350 e. The Morgan fingerprint density at radius 1 is 1.64 bits per heavy atom. The second kappa shape index (κ2) is 5.32. The van der Waals surface area contributed by atoms with E-state index in [-0.39, 0.29) is 5.91 Å². The number of amides is 1. The zero-order valence-corrected chi connectivity index (χ0v) is 8.44. The molecule has 1 amide bonds. The van der Waals surface area contributed by atoms with Gasteiger partial charge in [-0.3, -0.25) is 4.79 Å². The number of carbonyl (C=O) groups is 1. The molecule has 0 atom stereocenters. The quantitative estimate of drug-likeness (QED) is 0.752. The second-order valence-electron chi connectivity index (χ2n) is 2.53. The van der Waals surface area contributed by atoms with E-state index in [1.54, 1.807) is 0 Å². The molecule has 3 nitrogen and oxygen atoms in total. The summed E-state index contributed by atoms with van der Waals surface area (Å²) in [7, 11) is 3.70. The van der Waals surface area contributed by atoms with Crippen molar-refractivity contribution in [2.24, 2.45) is 0 Å². The van der Waals surface area contributed by atoms with Gasteiger partial charge in [-0.2, -0.15) is 0 Å². The zero-order chi connectivity index (χ0) is 8.85. The lowest BCUT2D eigenvalue weighted by molar-refractivity contribution is -0.121. The van der Waals surface area contributed by atoms with Crippen LogP contribution in [0.4, 0.5) is 0 Å². The van der Waals surface area contributed by atoms with Crippen molar-refractivity contribution in [3.8, 4) is 0 Å². The van der Waals surface area contributed by atoms with Crippen molar-refractivity contribution in [3.05, 3.63) is 11.1 Å². The van der Waals surface area contributed by atoms with E-state index in [1.165, 1.54) is 0 Å². The van der Waals surface area contributed by atoms with E-state index in [0.29, 0.717) is 13.1 Å². The van der Waals surface area contributed by atoms with Gasteiger partial charge < -0.3 is 10.2 Å². The summed E-state index contributed by atoms with van der Waals surface area (Å²) >= 11 is 3.15. The van der Waals surface area contributed by atoms with Crippen LogP contribution in [0.25, 0.3) is 0 Å². The molecule has 0 aromatic rings. The number of carbonyl (C=O) groups excluding carboxylic acids is 1. The lowest BCUT2D eigenvalue weighted by atomic mass is 10.5. The molecular formula is C7H13BrN2O. The molecule has 0 aliphatic rings. The van der Waals surface area contributed by atoms with Crippen molar-refractivity contribution in [1.29, 1.82) is 0 Å². The van der Waals surface area contributed by atoms with Crippen LogP contribution in [0.3, 0.4) is 0 Å². The van der Waals surface area contributed by atoms with E-state index >= 15 is 0 Å². The van der Waals surface area contributed by atoms with Crippen molar-refractivity contribution >= 4 is 21.8 Å². The molecule has 0 aromatic heterocycles. The first-order chi connectivity index (χ1) is 5.02. The Hall–Kier alpha value is -0.350. The first-order valence-electron chi connectivity index (χ1n) is 3.27. The summed E-state index contributed by atoms with van der Waals surface area (Å²) in [6.45, 7) is 4.50. The molecule has 0 aromatic carbocycles. The van der Waals surface area contributed by atoms with Crippen LogP contribution in [-0.2, 0) is 4.79 Å². The molecule has 0 unspecified atom stereocenters. The number of nitrogens with one attached hydrogen (secondary N) is 1. The van der Waals surface area contributed by atoms with Crippen molar-refractivity contribution in [2.45, 2.75) is 0 Å². The van der Waals surface area contributed by atoms with Crippen molar-refractivity contribution in [3.63, 3.8) is 0 Å². The topological polar surface area (TPSA) is 32.3 Å². The molecule has 0 radical (unpaired) electrons. The van der Waals surface area contributed by atoms with E-state index in [9.17, 15) is 4.79 Å². The smallest absolute Gasteiger partial charge is 0.234 e. The number of rotatable bonds is 4. The number of hydrogen-bond acceptors (Lipinski definition) is 2. The van der Waals surface area contributed by atoms with E-state index in [2.05, 4.69) is 27.8 Å². The fraction of sp³-hybridized carbons (Fsp3) is 0.571. The highest BCUT2D eigenvalue weighted by atomic mass is 79.9. The van der Waals surface area contributed by atoms with Crippen molar-refractivity contribution in [2.75, 3.05) is 27.2 Å². The van der Waals surface area contributed by atoms with Crippen LogP contribution >= 0.6 is 15.9 Å². The SMILES string of the molecule is C=C(Br)CNC(=O)CN(C)C. The fourth-order valence-electron chi connectivity index (χ4n) is 0.538. The van der Waals surface area contributed by atoms with Crippen LogP contribution in [0.1, 0.15) is 0 Å². The van der Waals surface area contributed by atoms with Gasteiger partial charge in [0.1, 0.15) is 0 Å². The predicted molar refractivity (Wildman–Crippen MR) is 49.6 cm³/mol. The van der Waals surface area contributed by atoms with Crippen LogP contribution < -0.4 is 5.32 Å². The lowest BCUT2D eigenvalue weighted by Gasteiger charge is -2.08. The summed E-state index contributed by atoms with van der Waals surface area (Å²) in [5, 5.41) is 2.69. The summed E-state index contributed by atoms with van der Waals surface area (Å²) < 4.78 is 0.782. The molecule has 0 bridgehead atoms. The van der Waals surface area contributed by atoms with E-state index < -0.39 is 0 Å². The standard InChI is InChI=1S/C7H13BrN2O/c1-6(8)4-9-7(11)5-10(2)3/h1,4-5H2,2-3H3,(H,9,11). The maximum absolute atomic E-state index is 10.9. The zero-order valence-electron chi connectivity index (χ0n) is 6.85. The van der Waals surface area contributed by atoms with E-state index in [0.717, 1.165) is 4.48 Å². The third kappa shape index (κ3) is 7.55. The Labute approximate surface area is 75.6 Å². The first-order valence-corrected chi connectivity index (χ1v) is 4.06. The molecule has 0 fully saturated rings. The monoisotopic (exact) mass is 220 g/mol. The van der Waals surface area contributed by atoms with Gasteiger partial charge in [-0.1, -0.05) is 22.5 Å². The molecule has 11 heavy (non-hydrogen) atoms. The molecule has 0 rings (SSSR count). The molecule has 0 aliphatic carbocycles. The summed E-state index contributed by atoms with van der Waals surface area (Å²) in [6, 6.07) is 0. The molecule has 0 saturated heterocycles. The average molecular weight is 221 g/mol. The van der Waals surface area contributed by atoms with Crippen molar-refractivity contribution in [1.82, 2.24) is 10.2 Å². The Bertz CT molecular complexity index is 157. The molecule has 64 valence electrons. The third-order valence-corrected chi connectivity index (χ3v) is 1.22. The van der Waals surface area contributed by atoms with Gasteiger partial charge in [0.25, 0.3) is 0 Å². The summed E-state index contributed by atoms with van der Waals surface area (Å²) in [5.41, 5.74) is 0. The Morgan fingerprint density at radius 2 is 2.18 bits per heavy atom. The van der Waals surface area contributed by atoms with Gasteiger partial charge in [0, 0.05) is 11.0 Å². The molecule has 0 saturated carbocycles. The van der Waals surface area contributed by atoms with Crippen LogP contribution in [0, 0.1) is 0 Å². The third-order valence-electron chi connectivity index (χ3n) is 0.937. The van der Waals surface area contributed by atoms with E-state index in [4.69, 9.17) is 0 Å². The van der Waals surface area contributed by atoms with Gasteiger partial charge in [-0.25, -0.2) is 0 Å². The second-order valence-corrected chi connectivity index (χ2v) is 3.65. The summed E-state index contributed by atoms with van der Waals surface area (Å²) in [4.78, 5) is 12.8. The molecular weight excluding hydrogens is 208 g/mol.